The standard InChI is InChI=1S/C17H24FN3O3/c18-12-4-6-13(7-5-12)24-15-3-1-2-14(16(15)22)19-8-10-21-11-9-20-17(21)23/h4-7,14-16,19,22H,1-3,8-11H2,(H,20,23)/t14-,15+,16+/m0/s1. The van der Waals surface area contributed by atoms with Gasteiger partial charge in [-0.15, -0.1) is 0 Å². The molecule has 1 saturated heterocycles. The summed E-state index contributed by atoms with van der Waals surface area (Å²) in [7, 11) is 0. The Balaban J connectivity index is 1.48. The first-order chi connectivity index (χ1) is 11.6. The van der Waals surface area contributed by atoms with E-state index in [0.717, 1.165) is 25.8 Å². The van der Waals surface area contributed by atoms with Gasteiger partial charge in [0.25, 0.3) is 0 Å². The molecular formula is C17H24FN3O3. The number of amides is 2. The summed E-state index contributed by atoms with van der Waals surface area (Å²) in [6, 6.07) is 5.76. The molecule has 2 aliphatic rings. The molecule has 3 rings (SSSR count). The van der Waals surface area contributed by atoms with Crippen LogP contribution in [0.25, 0.3) is 0 Å². The molecule has 7 heteroatoms. The highest BCUT2D eigenvalue weighted by molar-refractivity contribution is 5.76. The van der Waals surface area contributed by atoms with Gasteiger partial charge in [0.1, 0.15) is 23.8 Å². The van der Waals surface area contributed by atoms with Gasteiger partial charge in [-0.1, -0.05) is 0 Å². The lowest BCUT2D eigenvalue weighted by molar-refractivity contribution is -0.0154. The number of carbonyl (C=O) groups is 1. The minimum absolute atomic E-state index is 0.0292. The van der Waals surface area contributed by atoms with Gasteiger partial charge in [-0.3, -0.25) is 0 Å². The van der Waals surface area contributed by atoms with Crippen molar-refractivity contribution in [2.24, 2.45) is 0 Å². The van der Waals surface area contributed by atoms with Crippen molar-refractivity contribution in [2.75, 3.05) is 26.2 Å². The molecule has 1 aliphatic heterocycles. The molecule has 0 unspecified atom stereocenters. The van der Waals surface area contributed by atoms with Crippen molar-refractivity contribution >= 4 is 6.03 Å². The van der Waals surface area contributed by atoms with Crippen LogP contribution in [0, 0.1) is 5.82 Å². The van der Waals surface area contributed by atoms with Gasteiger partial charge in [0.05, 0.1) is 0 Å². The third-order valence-corrected chi connectivity index (χ3v) is 4.63. The zero-order valence-corrected chi connectivity index (χ0v) is 13.6. The summed E-state index contributed by atoms with van der Waals surface area (Å²) < 4.78 is 18.8. The Morgan fingerprint density at radius 1 is 1.33 bits per heavy atom. The maximum Gasteiger partial charge on any atom is 0.317 e. The summed E-state index contributed by atoms with van der Waals surface area (Å²) in [4.78, 5) is 13.2. The van der Waals surface area contributed by atoms with Crippen LogP contribution >= 0.6 is 0 Å². The van der Waals surface area contributed by atoms with Gasteiger partial charge in [0, 0.05) is 32.2 Å². The van der Waals surface area contributed by atoms with E-state index >= 15 is 0 Å². The minimum atomic E-state index is -0.629. The number of aliphatic hydroxyl groups excluding tert-OH is 1. The monoisotopic (exact) mass is 337 g/mol. The molecular weight excluding hydrogens is 313 g/mol. The fourth-order valence-corrected chi connectivity index (χ4v) is 3.29. The quantitative estimate of drug-likeness (QED) is 0.727. The number of nitrogens with zero attached hydrogens (tertiary/aromatic N) is 1. The lowest BCUT2D eigenvalue weighted by Gasteiger charge is -2.35. The Hall–Kier alpha value is -1.86. The number of urea groups is 1. The second kappa shape index (κ2) is 7.81. The van der Waals surface area contributed by atoms with Crippen LogP contribution in [-0.2, 0) is 0 Å². The number of benzene rings is 1. The lowest BCUT2D eigenvalue weighted by Crippen LogP contribution is -2.52. The zero-order chi connectivity index (χ0) is 16.9. The minimum Gasteiger partial charge on any atom is -0.488 e. The summed E-state index contributed by atoms with van der Waals surface area (Å²) in [5.41, 5.74) is 0. The van der Waals surface area contributed by atoms with E-state index in [9.17, 15) is 14.3 Å². The highest BCUT2D eigenvalue weighted by Gasteiger charge is 2.33. The molecule has 0 bridgehead atoms. The topological polar surface area (TPSA) is 73.8 Å². The molecule has 0 radical (unpaired) electrons. The molecule has 1 heterocycles. The van der Waals surface area contributed by atoms with E-state index in [-0.39, 0.29) is 24.0 Å². The Bertz CT molecular complexity index is 555. The van der Waals surface area contributed by atoms with Crippen molar-refractivity contribution in [1.82, 2.24) is 15.5 Å². The first-order valence-electron chi connectivity index (χ1n) is 8.50. The molecule has 132 valence electrons. The number of ether oxygens (including phenoxy) is 1. The number of carbonyl (C=O) groups excluding carboxylic acids is 1. The van der Waals surface area contributed by atoms with Crippen LogP contribution in [0.1, 0.15) is 19.3 Å². The molecule has 3 atom stereocenters. The summed E-state index contributed by atoms with van der Waals surface area (Å²) in [6.07, 6.45) is 1.65. The third kappa shape index (κ3) is 4.15. The Morgan fingerprint density at radius 3 is 2.83 bits per heavy atom. The number of rotatable bonds is 6. The number of hydrogen-bond donors (Lipinski definition) is 3. The van der Waals surface area contributed by atoms with Crippen molar-refractivity contribution in [3.05, 3.63) is 30.1 Å². The predicted molar refractivity (Wildman–Crippen MR) is 87.4 cm³/mol. The Morgan fingerprint density at radius 2 is 2.12 bits per heavy atom. The van der Waals surface area contributed by atoms with Crippen LogP contribution in [-0.4, -0.2) is 60.5 Å². The van der Waals surface area contributed by atoms with Gasteiger partial charge < -0.3 is 25.4 Å². The van der Waals surface area contributed by atoms with Crippen molar-refractivity contribution < 1.29 is 19.0 Å². The summed E-state index contributed by atoms with van der Waals surface area (Å²) in [6.45, 7) is 2.68. The van der Waals surface area contributed by atoms with Gasteiger partial charge >= 0.3 is 6.03 Å². The van der Waals surface area contributed by atoms with Gasteiger partial charge in [0.15, 0.2) is 0 Å². The highest BCUT2D eigenvalue weighted by Crippen LogP contribution is 2.24. The molecule has 0 spiro atoms. The molecule has 1 saturated carbocycles. The maximum atomic E-state index is 13.0. The number of halogens is 1. The van der Waals surface area contributed by atoms with Crippen LogP contribution in [0.2, 0.25) is 0 Å². The molecule has 6 nitrogen and oxygen atoms in total. The van der Waals surface area contributed by atoms with E-state index in [1.54, 1.807) is 17.0 Å². The molecule has 1 aromatic carbocycles. The van der Waals surface area contributed by atoms with Crippen LogP contribution in [0.15, 0.2) is 24.3 Å². The van der Waals surface area contributed by atoms with Crippen LogP contribution < -0.4 is 15.4 Å². The lowest BCUT2D eigenvalue weighted by atomic mass is 9.90. The number of nitrogens with one attached hydrogen (secondary N) is 2. The van der Waals surface area contributed by atoms with E-state index in [1.807, 2.05) is 0 Å². The number of aliphatic hydroxyl groups is 1. The normalized spacial score (nSPS) is 27.2. The van der Waals surface area contributed by atoms with Crippen molar-refractivity contribution in [1.29, 1.82) is 0 Å². The summed E-state index contributed by atoms with van der Waals surface area (Å²) >= 11 is 0. The van der Waals surface area contributed by atoms with Crippen molar-refractivity contribution in [3.8, 4) is 5.75 Å². The maximum absolute atomic E-state index is 13.0. The molecule has 2 amide bonds. The second-order valence-corrected chi connectivity index (χ2v) is 6.31. The van der Waals surface area contributed by atoms with E-state index in [1.165, 1.54) is 12.1 Å². The second-order valence-electron chi connectivity index (χ2n) is 6.31. The average molecular weight is 337 g/mol. The first-order valence-corrected chi connectivity index (χ1v) is 8.50. The SMILES string of the molecule is O=C1NCCN1CCN[C@H]1CCC[C@@H](Oc2ccc(F)cc2)[C@@H]1O. The molecule has 2 fully saturated rings. The smallest absolute Gasteiger partial charge is 0.317 e. The van der Waals surface area contributed by atoms with Gasteiger partial charge in [0.2, 0.25) is 0 Å². The van der Waals surface area contributed by atoms with Crippen molar-refractivity contribution in [2.45, 2.75) is 37.5 Å². The molecule has 1 aliphatic carbocycles. The van der Waals surface area contributed by atoms with Crippen molar-refractivity contribution in [3.63, 3.8) is 0 Å². The molecule has 1 aromatic rings. The predicted octanol–water partition coefficient (Wildman–Crippen LogP) is 1.10. The van der Waals surface area contributed by atoms with E-state index in [2.05, 4.69) is 10.6 Å². The summed E-state index contributed by atoms with van der Waals surface area (Å²) in [5.74, 6) is 0.256. The van der Waals surface area contributed by atoms with Crippen LogP contribution in [0.5, 0.6) is 5.75 Å². The summed E-state index contributed by atoms with van der Waals surface area (Å²) in [5, 5.41) is 16.6. The fraction of sp³-hybridized carbons (Fsp3) is 0.588. The van der Waals surface area contributed by atoms with Gasteiger partial charge in [-0.25, -0.2) is 9.18 Å². The molecule has 3 N–H and O–H groups in total. The van der Waals surface area contributed by atoms with Gasteiger partial charge in [-0.2, -0.15) is 0 Å². The van der Waals surface area contributed by atoms with Gasteiger partial charge in [-0.05, 0) is 43.5 Å². The molecule has 0 aromatic heterocycles. The van der Waals surface area contributed by atoms with E-state index in [0.29, 0.717) is 25.4 Å². The van der Waals surface area contributed by atoms with E-state index in [4.69, 9.17) is 4.74 Å². The van der Waals surface area contributed by atoms with Crippen LogP contribution in [0.3, 0.4) is 0 Å². The van der Waals surface area contributed by atoms with E-state index < -0.39 is 6.10 Å². The highest BCUT2D eigenvalue weighted by atomic mass is 19.1. The fourth-order valence-electron chi connectivity index (χ4n) is 3.29. The largest absolute Gasteiger partial charge is 0.488 e. The third-order valence-electron chi connectivity index (χ3n) is 4.63. The number of hydrogen-bond acceptors (Lipinski definition) is 4. The Kier molecular flexibility index (Phi) is 5.52. The molecule has 24 heavy (non-hydrogen) atoms. The zero-order valence-electron chi connectivity index (χ0n) is 13.6. The Labute approximate surface area is 141 Å². The first kappa shape index (κ1) is 17.0. The van der Waals surface area contributed by atoms with Crippen LogP contribution in [0.4, 0.5) is 9.18 Å². The average Bonchev–Trinajstić information content (AvgIpc) is 2.98.